The zero-order chi connectivity index (χ0) is 14.9. The summed E-state index contributed by atoms with van der Waals surface area (Å²) in [7, 11) is 1.78. The molecule has 0 aliphatic carbocycles. The van der Waals surface area contributed by atoms with E-state index in [1.54, 1.807) is 23.9 Å². The molecule has 1 aromatic heterocycles. The lowest BCUT2D eigenvalue weighted by molar-refractivity contribution is 0.0695. The molecule has 0 saturated carbocycles. The summed E-state index contributed by atoms with van der Waals surface area (Å²) >= 11 is 9.30. The van der Waals surface area contributed by atoms with Crippen molar-refractivity contribution in [2.45, 2.75) is 13.5 Å². The normalized spacial score (nSPS) is 10.6. The number of aryl methyl sites for hydroxylation is 2. The van der Waals surface area contributed by atoms with Gasteiger partial charge in [-0.25, -0.2) is 4.79 Å². The molecule has 0 atom stereocenters. The number of benzene rings is 1. The molecule has 0 aliphatic heterocycles. The van der Waals surface area contributed by atoms with E-state index in [0.29, 0.717) is 15.2 Å². The van der Waals surface area contributed by atoms with Gasteiger partial charge in [0.15, 0.2) is 0 Å². The summed E-state index contributed by atoms with van der Waals surface area (Å²) in [5, 5.41) is 13.8. The fourth-order valence-corrected chi connectivity index (χ4v) is 2.38. The number of halogens is 2. The van der Waals surface area contributed by atoms with Crippen molar-refractivity contribution in [2.75, 3.05) is 0 Å². The molecule has 2 rings (SSSR count). The Bertz CT molecular complexity index is 670. The molecule has 5 nitrogen and oxygen atoms in total. The number of nitrogens with zero attached hydrogens (tertiary/aromatic N) is 2. The van der Waals surface area contributed by atoms with E-state index in [-0.39, 0.29) is 12.2 Å². The van der Waals surface area contributed by atoms with Gasteiger partial charge >= 0.3 is 5.97 Å². The summed E-state index contributed by atoms with van der Waals surface area (Å²) in [6, 6.07) is 4.78. The third kappa shape index (κ3) is 2.96. The van der Waals surface area contributed by atoms with Crippen LogP contribution in [0.5, 0.6) is 5.75 Å². The third-order valence-corrected chi connectivity index (χ3v) is 3.99. The van der Waals surface area contributed by atoms with Gasteiger partial charge < -0.3 is 9.84 Å². The smallest absolute Gasteiger partial charge is 0.336 e. The summed E-state index contributed by atoms with van der Waals surface area (Å²) in [5.41, 5.74) is 1.62. The number of aromatic carboxylic acids is 1. The SMILES string of the molecule is Cc1nn(C)c(COc2ccc(Br)c(C(=O)O)c2)c1Cl. The molecule has 0 fully saturated rings. The highest BCUT2D eigenvalue weighted by Crippen LogP contribution is 2.25. The van der Waals surface area contributed by atoms with Crippen LogP contribution in [-0.2, 0) is 13.7 Å². The van der Waals surface area contributed by atoms with Crippen molar-refractivity contribution in [3.8, 4) is 5.75 Å². The molecule has 0 saturated heterocycles. The van der Waals surface area contributed by atoms with Gasteiger partial charge in [-0.05, 0) is 41.1 Å². The fraction of sp³-hybridized carbons (Fsp3) is 0.231. The number of hydrogen-bond acceptors (Lipinski definition) is 3. The fourth-order valence-electron chi connectivity index (χ4n) is 1.75. The minimum absolute atomic E-state index is 0.148. The minimum atomic E-state index is -1.02. The second kappa shape index (κ2) is 5.85. The van der Waals surface area contributed by atoms with Crippen molar-refractivity contribution in [1.82, 2.24) is 9.78 Å². The number of aromatic nitrogens is 2. The first kappa shape index (κ1) is 14.9. The van der Waals surface area contributed by atoms with Gasteiger partial charge in [-0.2, -0.15) is 5.10 Å². The van der Waals surface area contributed by atoms with Crippen LogP contribution >= 0.6 is 27.5 Å². The van der Waals surface area contributed by atoms with E-state index in [1.165, 1.54) is 6.07 Å². The Balaban J connectivity index is 2.19. The maximum atomic E-state index is 11.0. The van der Waals surface area contributed by atoms with E-state index in [4.69, 9.17) is 21.4 Å². The number of hydrogen-bond donors (Lipinski definition) is 1. The zero-order valence-corrected chi connectivity index (χ0v) is 13.2. The number of carboxylic acids is 1. The monoisotopic (exact) mass is 358 g/mol. The summed E-state index contributed by atoms with van der Waals surface area (Å²) in [4.78, 5) is 11.0. The third-order valence-electron chi connectivity index (χ3n) is 2.81. The molecule has 0 bridgehead atoms. The van der Waals surface area contributed by atoms with Crippen molar-refractivity contribution < 1.29 is 14.6 Å². The molecule has 0 unspecified atom stereocenters. The molecule has 0 amide bonds. The average Bonchev–Trinajstić information content (AvgIpc) is 2.62. The zero-order valence-electron chi connectivity index (χ0n) is 10.9. The maximum absolute atomic E-state index is 11.0. The first-order chi connectivity index (χ1) is 9.40. The predicted molar refractivity (Wildman–Crippen MR) is 78.4 cm³/mol. The largest absolute Gasteiger partial charge is 0.487 e. The summed E-state index contributed by atoms with van der Waals surface area (Å²) in [6.45, 7) is 2.03. The maximum Gasteiger partial charge on any atom is 0.336 e. The highest BCUT2D eigenvalue weighted by molar-refractivity contribution is 9.10. The Morgan fingerprint density at radius 3 is 2.80 bits per heavy atom. The van der Waals surface area contributed by atoms with Gasteiger partial charge in [-0.3, -0.25) is 4.68 Å². The molecule has 0 spiro atoms. The topological polar surface area (TPSA) is 64.4 Å². The second-order valence-corrected chi connectivity index (χ2v) is 5.44. The Morgan fingerprint density at radius 2 is 2.25 bits per heavy atom. The molecule has 0 radical (unpaired) electrons. The van der Waals surface area contributed by atoms with Crippen LogP contribution in [-0.4, -0.2) is 20.9 Å². The molecular formula is C13H12BrClN2O3. The minimum Gasteiger partial charge on any atom is -0.487 e. The highest BCUT2D eigenvalue weighted by atomic mass is 79.9. The molecule has 7 heteroatoms. The summed E-state index contributed by atoms with van der Waals surface area (Å²) in [6.07, 6.45) is 0. The Morgan fingerprint density at radius 1 is 1.55 bits per heavy atom. The van der Waals surface area contributed by atoms with E-state index in [0.717, 1.165) is 11.4 Å². The van der Waals surface area contributed by atoms with E-state index >= 15 is 0 Å². The van der Waals surface area contributed by atoms with Crippen LogP contribution in [0.25, 0.3) is 0 Å². The van der Waals surface area contributed by atoms with Crippen molar-refractivity contribution in [2.24, 2.45) is 7.05 Å². The highest BCUT2D eigenvalue weighted by Gasteiger charge is 2.13. The number of carbonyl (C=O) groups is 1. The first-order valence-electron chi connectivity index (χ1n) is 5.73. The standard InChI is InChI=1S/C13H12BrClN2O3/c1-7-12(15)11(17(2)16-7)6-20-8-3-4-10(14)9(5-8)13(18)19/h3-5H,6H2,1-2H3,(H,18,19). The molecule has 20 heavy (non-hydrogen) atoms. The molecule has 1 heterocycles. The van der Waals surface area contributed by atoms with E-state index in [2.05, 4.69) is 21.0 Å². The summed E-state index contributed by atoms with van der Waals surface area (Å²) < 4.78 is 7.74. The first-order valence-corrected chi connectivity index (χ1v) is 6.91. The molecule has 1 N–H and O–H groups in total. The Hall–Kier alpha value is -1.53. The van der Waals surface area contributed by atoms with Crippen LogP contribution in [0.3, 0.4) is 0 Å². The Kier molecular flexibility index (Phi) is 4.35. The van der Waals surface area contributed by atoms with Gasteiger partial charge in [0.1, 0.15) is 12.4 Å². The van der Waals surface area contributed by atoms with Crippen LogP contribution in [0, 0.1) is 6.92 Å². The van der Waals surface area contributed by atoms with Gasteiger partial charge in [0.05, 0.1) is 22.0 Å². The van der Waals surface area contributed by atoms with Crippen molar-refractivity contribution in [1.29, 1.82) is 0 Å². The Labute approximate surface area is 129 Å². The van der Waals surface area contributed by atoms with Crippen molar-refractivity contribution in [3.63, 3.8) is 0 Å². The van der Waals surface area contributed by atoms with Crippen LogP contribution in [0.2, 0.25) is 5.02 Å². The summed E-state index contributed by atoms with van der Waals surface area (Å²) in [5.74, 6) is -0.558. The number of rotatable bonds is 4. The van der Waals surface area contributed by atoms with E-state index < -0.39 is 5.97 Å². The van der Waals surface area contributed by atoms with Crippen LogP contribution in [0.4, 0.5) is 0 Å². The van der Waals surface area contributed by atoms with Gasteiger partial charge in [0, 0.05) is 11.5 Å². The van der Waals surface area contributed by atoms with Gasteiger partial charge in [0.2, 0.25) is 0 Å². The molecule has 106 valence electrons. The van der Waals surface area contributed by atoms with Gasteiger partial charge in [-0.15, -0.1) is 0 Å². The van der Waals surface area contributed by atoms with Crippen LogP contribution in [0.15, 0.2) is 22.7 Å². The van der Waals surface area contributed by atoms with Crippen LogP contribution < -0.4 is 4.74 Å². The molecule has 2 aromatic rings. The quantitative estimate of drug-likeness (QED) is 0.908. The molecule has 1 aromatic carbocycles. The van der Waals surface area contributed by atoms with Gasteiger partial charge in [0.25, 0.3) is 0 Å². The van der Waals surface area contributed by atoms with E-state index in [9.17, 15) is 4.79 Å². The lowest BCUT2D eigenvalue weighted by atomic mass is 10.2. The second-order valence-electron chi connectivity index (χ2n) is 4.21. The molecule has 0 aliphatic rings. The van der Waals surface area contributed by atoms with Crippen LogP contribution in [0.1, 0.15) is 21.7 Å². The predicted octanol–water partition coefficient (Wildman–Crippen LogP) is 3.42. The number of ether oxygens (including phenoxy) is 1. The molecular weight excluding hydrogens is 348 g/mol. The van der Waals surface area contributed by atoms with Gasteiger partial charge in [-0.1, -0.05) is 11.6 Å². The van der Waals surface area contributed by atoms with Crippen molar-refractivity contribution in [3.05, 3.63) is 44.6 Å². The average molecular weight is 360 g/mol. The number of carboxylic acid groups (broad SMARTS) is 1. The van der Waals surface area contributed by atoms with E-state index in [1.807, 2.05) is 6.92 Å². The lowest BCUT2D eigenvalue weighted by Crippen LogP contribution is -2.04. The van der Waals surface area contributed by atoms with Crippen molar-refractivity contribution >= 4 is 33.5 Å². The lowest BCUT2D eigenvalue weighted by Gasteiger charge is -2.08.